The molecule has 0 aliphatic carbocycles. The smallest absolute Gasteiger partial charge is 0.387 e. The summed E-state index contributed by atoms with van der Waals surface area (Å²) in [5.41, 5.74) is 0.427. The van der Waals surface area contributed by atoms with Crippen molar-refractivity contribution in [1.29, 1.82) is 0 Å². The highest BCUT2D eigenvalue weighted by Crippen LogP contribution is 2.19. The number of hydrogen-bond donors (Lipinski definition) is 2. The summed E-state index contributed by atoms with van der Waals surface area (Å²) in [4.78, 5) is 22.5. The zero-order valence-corrected chi connectivity index (χ0v) is 11.2. The lowest BCUT2D eigenvalue weighted by molar-refractivity contribution is -0.127. The van der Waals surface area contributed by atoms with Gasteiger partial charge in [-0.05, 0) is 13.0 Å². The molecule has 0 radical (unpaired) electrons. The topological polar surface area (TPSA) is 67.4 Å². The average molecular weight is 286 g/mol. The Labute approximate surface area is 115 Å². The lowest BCUT2D eigenvalue weighted by Crippen LogP contribution is -2.43. The zero-order chi connectivity index (χ0) is 15.1. The lowest BCUT2D eigenvalue weighted by Gasteiger charge is -2.14. The van der Waals surface area contributed by atoms with Gasteiger partial charge in [0.15, 0.2) is 0 Å². The summed E-state index contributed by atoms with van der Waals surface area (Å²) in [5, 5.41) is 4.96. The molecule has 1 rings (SSSR count). The fourth-order valence-electron chi connectivity index (χ4n) is 1.57. The van der Waals surface area contributed by atoms with Crippen LogP contribution in [0, 0.1) is 0 Å². The van der Waals surface area contributed by atoms with Crippen LogP contribution in [0.2, 0.25) is 0 Å². The molecule has 0 bridgehead atoms. The van der Waals surface area contributed by atoms with Gasteiger partial charge in [-0.25, -0.2) is 0 Å². The predicted molar refractivity (Wildman–Crippen MR) is 68.2 cm³/mol. The van der Waals surface area contributed by atoms with Crippen LogP contribution >= 0.6 is 0 Å². The van der Waals surface area contributed by atoms with Crippen LogP contribution in [0.4, 0.5) is 8.78 Å². The molecular weight excluding hydrogens is 270 g/mol. The van der Waals surface area contributed by atoms with Gasteiger partial charge in [0.05, 0.1) is 0 Å². The van der Waals surface area contributed by atoms with Crippen molar-refractivity contribution in [3.05, 3.63) is 29.8 Å². The molecule has 0 aromatic heterocycles. The molecule has 7 heteroatoms. The van der Waals surface area contributed by atoms with Crippen molar-refractivity contribution in [3.8, 4) is 5.75 Å². The van der Waals surface area contributed by atoms with Crippen LogP contribution in [0.3, 0.4) is 0 Å². The fourth-order valence-corrected chi connectivity index (χ4v) is 1.57. The lowest BCUT2D eigenvalue weighted by atomic mass is 10.2. The summed E-state index contributed by atoms with van der Waals surface area (Å²) >= 11 is 0. The van der Waals surface area contributed by atoms with Crippen LogP contribution in [0.1, 0.15) is 19.4 Å². The van der Waals surface area contributed by atoms with E-state index >= 15 is 0 Å². The van der Waals surface area contributed by atoms with Crippen molar-refractivity contribution in [3.63, 3.8) is 0 Å². The quantitative estimate of drug-likeness (QED) is 0.831. The van der Waals surface area contributed by atoms with Gasteiger partial charge in [0.25, 0.3) is 0 Å². The summed E-state index contributed by atoms with van der Waals surface area (Å²) in [6.07, 6.45) is 0. The Morgan fingerprint density at radius 2 is 1.95 bits per heavy atom. The van der Waals surface area contributed by atoms with E-state index in [9.17, 15) is 18.4 Å². The predicted octanol–water partition coefficient (Wildman–Crippen LogP) is 1.43. The van der Waals surface area contributed by atoms with Crippen molar-refractivity contribution in [2.24, 2.45) is 0 Å². The van der Waals surface area contributed by atoms with E-state index in [1.165, 1.54) is 19.9 Å². The van der Waals surface area contributed by atoms with Gasteiger partial charge in [0.1, 0.15) is 11.8 Å². The summed E-state index contributed by atoms with van der Waals surface area (Å²) in [6.45, 7) is -0.0652. The van der Waals surface area contributed by atoms with Gasteiger partial charge in [-0.15, -0.1) is 0 Å². The highest BCUT2D eigenvalue weighted by molar-refractivity contribution is 5.86. The van der Waals surface area contributed by atoms with Crippen LogP contribution in [0.5, 0.6) is 5.75 Å². The molecule has 0 saturated heterocycles. The first kappa shape index (κ1) is 15.9. The number of carbonyl (C=O) groups is 2. The average Bonchev–Trinajstić information content (AvgIpc) is 2.35. The monoisotopic (exact) mass is 286 g/mol. The Bertz CT molecular complexity index is 480. The Hall–Kier alpha value is -2.18. The van der Waals surface area contributed by atoms with E-state index in [0.29, 0.717) is 5.56 Å². The van der Waals surface area contributed by atoms with Crippen LogP contribution in [0.25, 0.3) is 0 Å². The Morgan fingerprint density at radius 3 is 2.55 bits per heavy atom. The van der Waals surface area contributed by atoms with Gasteiger partial charge in [0, 0.05) is 19.0 Å². The zero-order valence-electron chi connectivity index (χ0n) is 11.2. The molecule has 2 amide bonds. The number of nitrogens with one attached hydrogen (secondary N) is 2. The van der Waals surface area contributed by atoms with Gasteiger partial charge < -0.3 is 15.4 Å². The van der Waals surface area contributed by atoms with Gasteiger partial charge in [0.2, 0.25) is 11.8 Å². The maximum Gasteiger partial charge on any atom is 0.387 e. The molecule has 1 aromatic carbocycles. The van der Waals surface area contributed by atoms with Crippen LogP contribution < -0.4 is 15.4 Å². The maximum absolute atomic E-state index is 12.2. The highest BCUT2D eigenvalue weighted by atomic mass is 19.3. The molecule has 0 spiro atoms. The molecule has 0 saturated carbocycles. The maximum atomic E-state index is 12.2. The molecule has 0 unspecified atom stereocenters. The van der Waals surface area contributed by atoms with E-state index in [4.69, 9.17) is 0 Å². The molecule has 110 valence electrons. The van der Waals surface area contributed by atoms with Crippen molar-refractivity contribution in [1.82, 2.24) is 10.6 Å². The Morgan fingerprint density at radius 1 is 1.30 bits per heavy atom. The van der Waals surface area contributed by atoms with Crippen LogP contribution in [-0.4, -0.2) is 24.5 Å². The molecular formula is C13H16F2N2O3. The molecule has 0 fully saturated rings. The standard InChI is InChI=1S/C13H16F2N2O3/c1-8(17-9(2)18)12(19)16-7-10-5-3-4-6-11(10)20-13(14)15/h3-6,8,13H,7H2,1-2H3,(H,16,19)(H,17,18)/t8-/m1/s1. The number of ether oxygens (including phenoxy) is 1. The van der Waals surface area contributed by atoms with E-state index < -0.39 is 18.6 Å². The van der Waals surface area contributed by atoms with Gasteiger partial charge >= 0.3 is 6.61 Å². The second-order valence-corrected chi connectivity index (χ2v) is 4.13. The number of hydrogen-bond acceptors (Lipinski definition) is 3. The van der Waals surface area contributed by atoms with Crippen molar-refractivity contribution >= 4 is 11.8 Å². The minimum atomic E-state index is -2.93. The summed E-state index contributed by atoms with van der Waals surface area (Å²) in [5.74, 6) is -0.726. The van der Waals surface area contributed by atoms with E-state index in [2.05, 4.69) is 15.4 Å². The number of carbonyl (C=O) groups excluding carboxylic acids is 2. The summed E-state index contributed by atoms with van der Waals surface area (Å²) in [6, 6.07) is 5.47. The second kappa shape index (κ2) is 7.42. The first-order valence-corrected chi connectivity index (χ1v) is 5.97. The highest BCUT2D eigenvalue weighted by Gasteiger charge is 2.14. The van der Waals surface area contributed by atoms with Crippen LogP contribution in [0.15, 0.2) is 24.3 Å². The number of halogens is 2. The van der Waals surface area contributed by atoms with Gasteiger partial charge in [-0.2, -0.15) is 8.78 Å². The third kappa shape index (κ3) is 5.21. The number of amides is 2. The normalized spacial score (nSPS) is 11.8. The van der Waals surface area contributed by atoms with Gasteiger partial charge in [-0.1, -0.05) is 18.2 Å². The van der Waals surface area contributed by atoms with Crippen molar-refractivity contribution < 1.29 is 23.1 Å². The minimum Gasteiger partial charge on any atom is -0.434 e. The van der Waals surface area contributed by atoms with Crippen LogP contribution in [-0.2, 0) is 16.1 Å². The first-order valence-electron chi connectivity index (χ1n) is 5.97. The molecule has 0 aliphatic heterocycles. The molecule has 1 atom stereocenters. The van der Waals surface area contributed by atoms with E-state index in [1.807, 2.05) is 0 Å². The Balaban J connectivity index is 2.61. The van der Waals surface area contributed by atoms with E-state index in [-0.39, 0.29) is 18.2 Å². The molecule has 0 heterocycles. The molecule has 2 N–H and O–H groups in total. The number of rotatable bonds is 6. The first-order chi connectivity index (χ1) is 9.40. The third-order valence-corrected chi connectivity index (χ3v) is 2.45. The SMILES string of the molecule is CC(=O)N[C@H](C)C(=O)NCc1ccccc1OC(F)F. The van der Waals surface area contributed by atoms with Gasteiger partial charge in [-0.3, -0.25) is 9.59 Å². The van der Waals surface area contributed by atoms with E-state index in [1.54, 1.807) is 18.2 Å². The number of benzene rings is 1. The molecule has 5 nitrogen and oxygen atoms in total. The molecule has 1 aromatic rings. The minimum absolute atomic E-state index is 0.00924. The number of para-hydroxylation sites is 1. The largest absolute Gasteiger partial charge is 0.434 e. The fraction of sp³-hybridized carbons (Fsp3) is 0.385. The second-order valence-electron chi connectivity index (χ2n) is 4.13. The summed E-state index contributed by atoms with van der Waals surface area (Å²) in [7, 11) is 0. The molecule has 0 aliphatic rings. The Kier molecular flexibility index (Phi) is 5.89. The van der Waals surface area contributed by atoms with Crippen molar-refractivity contribution in [2.75, 3.05) is 0 Å². The van der Waals surface area contributed by atoms with E-state index in [0.717, 1.165) is 0 Å². The number of alkyl halides is 2. The third-order valence-electron chi connectivity index (χ3n) is 2.45. The summed E-state index contributed by atoms with van der Waals surface area (Å²) < 4.78 is 28.8. The molecule has 20 heavy (non-hydrogen) atoms. The van der Waals surface area contributed by atoms with Crippen molar-refractivity contribution in [2.45, 2.75) is 33.0 Å².